The first kappa shape index (κ1) is 12.0. The third-order valence-corrected chi connectivity index (χ3v) is 2.64. The van der Waals surface area contributed by atoms with Gasteiger partial charge < -0.3 is 20.2 Å². The number of nitrogen functional groups attached to an aromatic ring is 1. The standard InChI is InChI=1S/C11H9N5O4/c12-11-15-8-7(9(17)16-11)13-6(14-8)3-4-1-2-5(20-4)10(18)19/h1-2H,3H2,(H,18,19)(H4,12,13,14,15,16,17). The topological polar surface area (TPSA) is 151 Å². The molecule has 0 atom stereocenters. The maximum Gasteiger partial charge on any atom is 0.371 e. The van der Waals surface area contributed by atoms with Gasteiger partial charge in [-0.2, -0.15) is 4.98 Å². The third-order valence-electron chi connectivity index (χ3n) is 2.64. The zero-order valence-corrected chi connectivity index (χ0v) is 10.0. The summed E-state index contributed by atoms with van der Waals surface area (Å²) in [5.41, 5.74) is 5.41. The van der Waals surface area contributed by atoms with Crippen LogP contribution in [0.1, 0.15) is 22.1 Å². The maximum absolute atomic E-state index is 11.6. The molecule has 0 amide bonds. The lowest BCUT2D eigenvalue weighted by molar-refractivity contribution is 0.0660. The van der Waals surface area contributed by atoms with Gasteiger partial charge in [-0.1, -0.05) is 0 Å². The Morgan fingerprint density at radius 1 is 1.35 bits per heavy atom. The zero-order valence-electron chi connectivity index (χ0n) is 10.0. The highest BCUT2D eigenvalue weighted by atomic mass is 16.4. The van der Waals surface area contributed by atoms with E-state index in [1.165, 1.54) is 12.1 Å². The first-order valence-corrected chi connectivity index (χ1v) is 5.59. The van der Waals surface area contributed by atoms with Crippen LogP contribution in [0.4, 0.5) is 5.95 Å². The van der Waals surface area contributed by atoms with E-state index in [4.69, 9.17) is 15.3 Å². The summed E-state index contributed by atoms with van der Waals surface area (Å²) >= 11 is 0. The second kappa shape index (κ2) is 4.23. The molecule has 0 aliphatic carbocycles. The lowest BCUT2D eigenvalue weighted by atomic mass is 10.3. The lowest BCUT2D eigenvalue weighted by Crippen LogP contribution is -2.10. The largest absolute Gasteiger partial charge is 0.475 e. The van der Waals surface area contributed by atoms with Crippen LogP contribution in [0.3, 0.4) is 0 Å². The number of fused-ring (bicyclic) bond motifs is 1. The number of H-pyrrole nitrogens is 2. The molecule has 5 N–H and O–H groups in total. The molecule has 3 rings (SSSR count). The van der Waals surface area contributed by atoms with Crippen LogP contribution in [0.5, 0.6) is 0 Å². The number of aromatic nitrogens is 4. The van der Waals surface area contributed by atoms with Gasteiger partial charge >= 0.3 is 5.97 Å². The third kappa shape index (κ3) is 2.00. The van der Waals surface area contributed by atoms with Crippen LogP contribution in [0.2, 0.25) is 0 Å². The molecule has 0 spiro atoms. The van der Waals surface area contributed by atoms with E-state index in [0.717, 1.165) is 0 Å². The Hall–Kier alpha value is -3.10. The highest BCUT2D eigenvalue weighted by Crippen LogP contribution is 2.13. The minimum Gasteiger partial charge on any atom is -0.475 e. The molecule has 102 valence electrons. The summed E-state index contributed by atoms with van der Waals surface area (Å²) in [4.78, 5) is 35.5. The predicted octanol–water partition coefficient (Wildman–Crippen LogP) is 0.110. The molecule has 0 saturated carbocycles. The van der Waals surface area contributed by atoms with Crippen LogP contribution in [0.25, 0.3) is 11.2 Å². The molecule has 0 bridgehead atoms. The maximum atomic E-state index is 11.6. The minimum absolute atomic E-state index is 0.0216. The Labute approximate surface area is 110 Å². The Kier molecular flexibility index (Phi) is 2.53. The number of nitrogens with two attached hydrogens (primary N) is 1. The molecule has 0 aliphatic rings. The van der Waals surface area contributed by atoms with Crippen LogP contribution in [0, 0.1) is 0 Å². The van der Waals surface area contributed by atoms with Crippen molar-refractivity contribution in [1.29, 1.82) is 0 Å². The van der Waals surface area contributed by atoms with Crippen molar-refractivity contribution in [3.8, 4) is 0 Å². The molecule has 0 saturated heterocycles. The summed E-state index contributed by atoms with van der Waals surface area (Å²) in [6.45, 7) is 0. The van der Waals surface area contributed by atoms with E-state index in [-0.39, 0.29) is 29.3 Å². The number of carboxylic acids is 1. The van der Waals surface area contributed by atoms with Gasteiger partial charge in [0, 0.05) is 0 Å². The van der Waals surface area contributed by atoms with E-state index in [1.54, 1.807) is 0 Å². The Morgan fingerprint density at radius 3 is 2.85 bits per heavy atom. The predicted molar refractivity (Wildman–Crippen MR) is 67.4 cm³/mol. The highest BCUT2D eigenvalue weighted by Gasteiger charge is 2.13. The molecule has 3 aromatic rings. The zero-order chi connectivity index (χ0) is 14.3. The Balaban J connectivity index is 1.96. The van der Waals surface area contributed by atoms with Crippen molar-refractivity contribution in [1.82, 2.24) is 19.9 Å². The molecule has 0 aromatic carbocycles. The van der Waals surface area contributed by atoms with E-state index >= 15 is 0 Å². The second-order valence-corrected chi connectivity index (χ2v) is 4.08. The molecule has 0 unspecified atom stereocenters. The van der Waals surface area contributed by atoms with Crippen LogP contribution >= 0.6 is 0 Å². The van der Waals surface area contributed by atoms with Gasteiger partial charge in [-0.3, -0.25) is 9.78 Å². The van der Waals surface area contributed by atoms with Crippen molar-refractivity contribution in [2.24, 2.45) is 0 Å². The van der Waals surface area contributed by atoms with Crippen molar-refractivity contribution < 1.29 is 14.3 Å². The summed E-state index contributed by atoms with van der Waals surface area (Å²) < 4.78 is 5.11. The number of imidazole rings is 1. The first-order chi connectivity index (χ1) is 9.52. The molecule has 9 nitrogen and oxygen atoms in total. The number of carboxylic acid groups (broad SMARTS) is 1. The van der Waals surface area contributed by atoms with E-state index in [0.29, 0.717) is 11.6 Å². The average molecular weight is 275 g/mol. The molecule has 3 aromatic heterocycles. The fourth-order valence-corrected chi connectivity index (χ4v) is 1.81. The summed E-state index contributed by atoms with van der Waals surface area (Å²) in [6, 6.07) is 2.88. The molecule has 0 radical (unpaired) electrons. The summed E-state index contributed by atoms with van der Waals surface area (Å²) in [5, 5.41) is 8.76. The van der Waals surface area contributed by atoms with Gasteiger partial charge in [0.1, 0.15) is 11.6 Å². The van der Waals surface area contributed by atoms with E-state index < -0.39 is 11.5 Å². The van der Waals surface area contributed by atoms with Gasteiger partial charge in [0.05, 0.1) is 6.42 Å². The summed E-state index contributed by atoms with van der Waals surface area (Å²) in [7, 11) is 0. The lowest BCUT2D eigenvalue weighted by Gasteiger charge is -1.91. The van der Waals surface area contributed by atoms with Gasteiger partial charge in [0.25, 0.3) is 5.56 Å². The van der Waals surface area contributed by atoms with Crippen LogP contribution < -0.4 is 11.3 Å². The second-order valence-electron chi connectivity index (χ2n) is 4.08. The van der Waals surface area contributed by atoms with Gasteiger partial charge in [0.2, 0.25) is 11.7 Å². The van der Waals surface area contributed by atoms with Crippen LogP contribution in [-0.2, 0) is 6.42 Å². The summed E-state index contributed by atoms with van der Waals surface area (Å²) in [5.74, 6) is -0.490. The van der Waals surface area contributed by atoms with Crippen LogP contribution in [-0.4, -0.2) is 31.0 Å². The smallest absolute Gasteiger partial charge is 0.371 e. The molecule has 9 heteroatoms. The number of aromatic amines is 2. The van der Waals surface area contributed by atoms with Gasteiger partial charge in [-0.15, -0.1) is 0 Å². The molecule has 0 fully saturated rings. The summed E-state index contributed by atoms with van der Waals surface area (Å²) in [6.07, 6.45) is 0.211. The number of hydrogen-bond donors (Lipinski definition) is 4. The van der Waals surface area contributed by atoms with Gasteiger partial charge in [-0.05, 0) is 12.1 Å². The number of nitrogens with one attached hydrogen (secondary N) is 2. The molecular formula is C11H9N5O4. The SMILES string of the molecule is Nc1nc2nc(Cc3ccc(C(=O)O)o3)[nH]c2c(=O)[nH]1. The van der Waals surface area contributed by atoms with E-state index in [9.17, 15) is 9.59 Å². The number of carbonyl (C=O) groups is 1. The number of nitrogens with zero attached hydrogens (tertiary/aromatic N) is 2. The van der Waals surface area contributed by atoms with Crippen molar-refractivity contribution in [3.05, 3.63) is 39.8 Å². The number of anilines is 1. The number of rotatable bonds is 3. The van der Waals surface area contributed by atoms with Crippen molar-refractivity contribution >= 4 is 23.1 Å². The number of furan rings is 1. The molecule has 0 aliphatic heterocycles. The minimum atomic E-state index is -1.15. The Morgan fingerprint density at radius 2 is 2.15 bits per heavy atom. The number of hydrogen-bond acceptors (Lipinski definition) is 6. The normalized spacial score (nSPS) is 11.0. The monoisotopic (exact) mass is 275 g/mol. The Bertz CT molecular complexity index is 859. The van der Waals surface area contributed by atoms with Gasteiger partial charge in [-0.25, -0.2) is 9.78 Å². The van der Waals surface area contributed by atoms with Crippen molar-refractivity contribution in [3.63, 3.8) is 0 Å². The van der Waals surface area contributed by atoms with Gasteiger partial charge in [0.15, 0.2) is 11.2 Å². The van der Waals surface area contributed by atoms with E-state index in [2.05, 4.69) is 19.9 Å². The fraction of sp³-hybridized carbons (Fsp3) is 0.0909. The number of aromatic carboxylic acids is 1. The fourth-order valence-electron chi connectivity index (χ4n) is 1.81. The van der Waals surface area contributed by atoms with Crippen molar-refractivity contribution in [2.45, 2.75) is 6.42 Å². The molecular weight excluding hydrogens is 266 g/mol. The average Bonchev–Trinajstić information content (AvgIpc) is 2.96. The first-order valence-electron chi connectivity index (χ1n) is 5.59. The van der Waals surface area contributed by atoms with Crippen LogP contribution in [0.15, 0.2) is 21.3 Å². The molecule has 20 heavy (non-hydrogen) atoms. The van der Waals surface area contributed by atoms with Crippen molar-refractivity contribution in [2.75, 3.05) is 5.73 Å². The highest BCUT2D eigenvalue weighted by molar-refractivity contribution is 5.84. The molecule has 3 heterocycles. The van der Waals surface area contributed by atoms with E-state index in [1.807, 2.05) is 0 Å². The quantitative estimate of drug-likeness (QED) is 0.529.